The summed E-state index contributed by atoms with van der Waals surface area (Å²) in [7, 11) is 1.59. The Hall–Kier alpha value is -2.02. The van der Waals surface area contributed by atoms with Crippen molar-refractivity contribution in [2.45, 2.75) is 12.8 Å². The normalized spacial score (nSPS) is 15.5. The van der Waals surface area contributed by atoms with E-state index in [1.165, 1.54) is 0 Å². The van der Waals surface area contributed by atoms with Crippen molar-refractivity contribution in [3.05, 3.63) is 23.8 Å². The number of rotatable bonds is 2. The maximum atomic E-state index is 11.4. The van der Waals surface area contributed by atoms with Crippen LogP contribution >= 0.6 is 0 Å². The molecule has 1 aliphatic heterocycles. The SMILES string of the molecule is COc1ccc(C#N)c(N2CCCC(=O)C2)c1. The highest BCUT2D eigenvalue weighted by Crippen LogP contribution is 2.27. The number of hydrogen-bond acceptors (Lipinski definition) is 4. The zero-order chi connectivity index (χ0) is 12.3. The lowest BCUT2D eigenvalue weighted by Crippen LogP contribution is -2.35. The van der Waals surface area contributed by atoms with Crippen LogP contribution in [0.3, 0.4) is 0 Å². The highest BCUT2D eigenvalue weighted by molar-refractivity contribution is 5.85. The lowest BCUT2D eigenvalue weighted by Gasteiger charge is -2.28. The van der Waals surface area contributed by atoms with Crippen molar-refractivity contribution < 1.29 is 9.53 Å². The van der Waals surface area contributed by atoms with Crippen LogP contribution in [0.4, 0.5) is 5.69 Å². The number of nitriles is 1. The molecule has 2 rings (SSSR count). The predicted octanol–water partition coefficient (Wildman–Crippen LogP) is 1.74. The molecular weight excluding hydrogens is 216 g/mol. The molecule has 0 unspecified atom stereocenters. The number of carbonyl (C=O) groups is 1. The molecular formula is C13H14N2O2. The average molecular weight is 230 g/mol. The number of hydrogen-bond donors (Lipinski definition) is 0. The van der Waals surface area contributed by atoms with Crippen LogP contribution in [0.2, 0.25) is 0 Å². The lowest BCUT2D eigenvalue weighted by molar-refractivity contribution is -0.118. The second kappa shape index (κ2) is 4.88. The third-order valence-electron chi connectivity index (χ3n) is 2.92. The largest absolute Gasteiger partial charge is 0.497 e. The summed E-state index contributed by atoms with van der Waals surface area (Å²) in [4.78, 5) is 13.4. The van der Waals surface area contributed by atoms with Crippen molar-refractivity contribution in [1.82, 2.24) is 0 Å². The molecule has 0 aromatic heterocycles. The number of carbonyl (C=O) groups excluding carboxylic acids is 1. The lowest BCUT2D eigenvalue weighted by atomic mass is 10.1. The fraction of sp³-hybridized carbons (Fsp3) is 0.385. The number of ketones is 1. The molecule has 0 bridgehead atoms. The Labute approximate surface area is 100 Å². The van der Waals surface area contributed by atoms with Crippen LogP contribution < -0.4 is 9.64 Å². The van der Waals surface area contributed by atoms with Gasteiger partial charge in [0.05, 0.1) is 24.9 Å². The zero-order valence-corrected chi connectivity index (χ0v) is 9.77. The van der Waals surface area contributed by atoms with E-state index in [2.05, 4.69) is 6.07 Å². The van der Waals surface area contributed by atoms with Gasteiger partial charge < -0.3 is 9.64 Å². The molecule has 88 valence electrons. The zero-order valence-electron chi connectivity index (χ0n) is 9.77. The first-order valence-electron chi connectivity index (χ1n) is 5.59. The van der Waals surface area contributed by atoms with Crippen LogP contribution in [-0.4, -0.2) is 26.0 Å². The van der Waals surface area contributed by atoms with Crippen molar-refractivity contribution in [3.63, 3.8) is 0 Å². The van der Waals surface area contributed by atoms with E-state index in [1.807, 2.05) is 11.0 Å². The molecule has 0 atom stereocenters. The molecule has 1 fully saturated rings. The van der Waals surface area contributed by atoms with Gasteiger partial charge in [0.2, 0.25) is 0 Å². The summed E-state index contributed by atoms with van der Waals surface area (Å²) in [5.74, 6) is 0.931. The number of piperidine rings is 1. The van der Waals surface area contributed by atoms with Crippen LogP contribution in [-0.2, 0) is 4.79 Å². The highest BCUT2D eigenvalue weighted by Gasteiger charge is 2.19. The first-order valence-corrected chi connectivity index (χ1v) is 5.59. The molecule has 0 spiro atoms. The summed E-state index contributed by atoms with van der Waals surface area (Å²) in [5.41, 5.74) is 1.38. The minimum atomic E-state index is 0.225. The Balaban J connectivity index is 2.35. The Morgan fingerprint density at radius 3 is 2.94 bits per heavy atom. The third kappa shape index (κ3) is 2.39. The molecule has 1 aliphatic rings. The van der Waals surface area contributed by atoms with Crippen LogP contribution in [0.5, 0.6) is 5.75 Å². The molecule has 1 saturated heterocycles. The Morgan fingerprint density at radius 1 is 1.47 bits per heavy atom. The predicted molar refractivity (Wildman–Crippen MR) is 64.2 cm³/mol. The maximum absolute atomic E-state index is 11.4. The molecule has 0 radical (unpaired) electrons. The molecule has 4 nitrogen and oxygen atoms in total. The molecule has 1 aromatic rings. The average Bonchev–Trinajstić information content (AvgIpc) is 2.38. The number of benzene rings is 1. The van der Waals surface area contributed by atoms with E-state index in [0.29, 0.717) is 24.3 Å². The summed E-state index contributed by atoms with van der Waals surface area (Å²) < 4.78 is 5.15. The first kappa shape index (κ1) is 11.5. The van der Waals surface area contributed by atoms with Gasteiger partial charge in [0.1, 0.15) is 11.8 Å². The van der Waals surface area contributed by atoms with Gasteiger partial charge in [-0.05, 0) is 18.6 Å². The van der Waals surface area contributed by atoms with Gasteiger partial charge in [-0.3, -0.25) is 4.79 Å². The van der Waals surface area contributed by atoms with Crippen molar-refractivity contribution >= 4 is 11.5 Å². The molecule has 17 heavy (non-hydrogen) atoms. The number of Topliss-reactive ketones (excluding diaryl/α,β-unsaturated/α-hetero) is 1. The Bertz CT molecular complexity index is 477. The summed E-state index contributed by atoms with van der Waals surface area (Å²) in [6, 6.07) is 7.45. The van der Waals surface area contributed by atoms with E-state index in [-0.39, 0.29) is 5.78 Å². The second-order valence-corrected chi connectivity index (χ2v) is 4.06. The number of ether oxygens (including phenoxy) is 1. The van der Waals surface area contributed by atoms with E-state index >= 15 is 0 Å². The minimum Gasteiger partial charge on any atom is -0.497 e. The van der Waals surface area contributed by atoms with Crippen molar-refractivity contribution in [2.24, 2.45) is 0 Å². The van der Waals surface area contributed by atoms with E-state index in [9.17, 15) is 4.79 Å². The second-order valence-electron chi connectivity index (χ2n) is 4.06. The van der Waals surface area contributed by atoms with E-state index in [1.54, 1.807) is 19.2 Å². The van der Waals surface area contributed by atoms with E-state index in [0.717, 1.165) is 18.7 Å². The van der Waals surface area contributed by atoms with Crippen molar-refractivity contribution in [3.8, 4) is 11.8 Å². The third-order valence-corrected chi connectivity index (χ3v) is 2.92. The first-order chi connectivity index (χ1) is 8.24. The molecule has 0 aliphatic carbocycles. The number of methoxy groups -OCH3 is 1. The van der Waals surface area contributed by atoms with E-state index in [4.69, 9.17) is 10.00 Å². The summed E-state index contributed by atoms with van der Waals surface area (Å²) in [6.07, 6.45) is 1.49. The molecule has 0 N–H and O–H groups in total. The summed E-state index contributed by atoms with van der Waals surface area (Å²) in [5, 5.41) is 9.08. The van der Waals surface area contributed by atoms with Gasteiger partial charge in [0.25, 0.3) is 0 Å². The van der Waals surface area contributed by atoms with Crippen LogP contribution in [0.1, 0.15) is 18.4 Å². The summed E-state index contributed by atoms with van der Waals surface area (Å²) in [6.45, 7) is 1.20. The smallest absolute Gasteiger partial charge is 0.152 e. The number of nitrogens with zero attached hydrogens (tertiary/aromatic N) is 2. The van der Waals surface area contributed by atoms with Gasteiger partial charge in [-0.1, -0.05) is 0 Å². The summed E-state index contributed by atoms with van der Waals surface area (Å²) >= 11 is 0. The molecule has 0 saturated carbocycles. The molecule has 4 heteroatoms. The Kier molecular flexibility index (Phi) is 3.29. The molecule has 0 amide bonds. The maximum Gasteiger partial charge on any atom is 0.152 e. The fourth-order valence-electron chi connectivity index (χ4n) is 2.04. The van der Waals surface area contributed by atoms with E-state index < -0.39 is 0 Å². The Morgan fingerprint density at radius 2 is 2.29 bits per heavy atom. The van der Waals surface area contributed by atoms with Gasteiger partial charge in [0, 0.05) is 19.0 Å². The highest BCUT2D eigenvalue weighted by atomic mass is 16.5. The van der Waals surface area contributed by atoms with Gasteiger partial charge in [-0.25, -0.2) is 0 Å². The minimum absolute atomic E-state index is 0.225. The van der Waals surface area contributed by atoms with Crippen LogP contribution in [0, 0.1) is 11.3 Å². The monoisotopic (exact) mass is 230 g/mol. The van der Waals surface area contributed by atoms with Gasteiger partial charge >= 0.3 is 0 Å². The standard InChI is InChI=1S/C13H14N2O2/c1-17-12-5-4-10(8-14)13(7-12)15-6-2-3-11(16)9-15/h4-5,7H,2-3,6,9H2,1H3. The van der Waals surface area contributed by atoms with Crippen molar-refractivity contribution in [1.29, 1.82) is 5.26 Å². The molecule has 1 aromatic carbocycles. The topological polar surface area (TPSA) is 53.3 Å². The molecule has 1 heterocycles. The van der Waals surface area contributed by atoms with Crippen LogP contribution in [0.15, 0.2) is 18.2 Å². The van der Waals surface area contributed by atoms with Crippen molar-refractivity contribution in [2.75, 3.05) is 25.1 Å². The van der Waals surface area contributed by atoms with Crippen LogP contribution in [0.25, 0.3) is 0 Å². The van der Waals surface area contributed by atoms with Gasteiger partial charge in [-0.2, -0.15) is 5.26 Å². The fourth-order valence-corrected chi connectivity index (χ4v) is 2.04. The van der Waals surface area contributed by atoms with Gasteiger partial charge in [-0.15, -0.1) is 0 Å². The number of anilines is 1. The van der Waals surface area contributed by atoms with Gasteiger partial charge in [0.15, 0.2) is 5.78 Å². The quantitative estimate of drug-likeness (QED) is 0.776.